The first-order valence-corrected chi connectivity index (χ1v) is 9.31. The van der Waals surface area contributed by atoms with Gasteiger partial charge in [-0.2, -0.15) is 8.42 Å². The largest absolute Gasteiger partial charge is 0.506 e. The van der Waals surface area contributed by atoms with Crippen molar-refractivity contribution in [3.8, 4) is 5.75 Å². The predicted octanol–water partition coefficient (Wildman–Crippen LogP) is 0.597. The van der Waals surface area contributed by atoms with Crippen LogP contribution in [0.2, 0.25) is 0 Å². The monoisotopic (exact) mass is 357 g/mol. The summed E-state index contributed by atoms with van der Waals surface area (Å²) >= 11 is 0. The number of rotatable bonds is 5. The Labute approximate surface area is 140 Å². The number of likely N-dealkylation sites (tertiary alicyclic amines) is 1. The molecule has 3 rings (SSSR count). The lowest BCUT2D eigenvalue weighted by Crippen LogP contribution is -2.47. The number of amides is 1. The van der Waals surface area contributed by atoms with Crippen molar-refractivity contribution in [1.29, 1.82) is 0 Å². The van der Waals surface area contributed by atoms with Gasteiger partial charge in [-0.25, -0.2) is 13.4 Å². The fourth-order valence-corrected chi connectivity index (χ4v) is 4.25. The van der Waals surface area contributed by atoms with Crippen LogP contribution in [0.25, 0.3) is 0 Å². The van der Waals surface area contributed by atoms with E-state index in [-0.39, 0.29) is 0 Å². The van der Waals surface area contributed by atoms with Crippen LogP contribution in [0.5, 0.6) is 5.75 Å². The normalized spacial score (nSPS) is 20.9. The molecular formula is C15H20FN3O4S. The van der Waals surface area contributed by atoms with Crippen molar-refractivity contribution < 1.29 is 22.7 Å². The molecule has 9 heteroatoms. The summed E-state index contributed by atoms with van der Waals surface area (Å²) in [6.07, 6.45) is 1.71. The highest BCUT2D eigenvalue weighted by Crippen LogP contribution is 2.34. The number of nitrogens with zero attached hydrogens (tertiary/aromatic N) is 2. The van der Waals surface area contributed by atoms with E-state index in [1.807, 2.05) is 0 Å². The number of aromatic hydroxyl groups is 1. The molecule has 2 N–H and O–H groups in total. The Hall–Kier alpha value is -1.87. The zero-order valence-corrected chi connectivity index (χ0v) is 14.1. The van der Waals surface area contributed by atoms with Gasteiger partial charge in [0.25, 0.3) is 5.91 Å². The maximum absolute atomic E-state index is 14.4. The van der Waals surface area contributed by atoms with Crippen LogP contribution >= 0.6 is 0 Å². The van der Waals surface area contributed by atoms with E-state index in [2.05, 4.69) is 11.8 Å². The molecule has 0 bridgehead atoms. The Bertz CT molecular complexity index is 739. The number of anilines is 1. The topological polar surface area (TPSA) is 89.9 Å². The number of phenolic OH excluding ortho intramolecular Hbond substituents is 1. The number of halogens is 1. The van der Waals surface area contributed by atoms with Crippen LogP contribution in [0.4, 0.5) is 10.1 Å². The van der Waals surface area contributed by atoms with Gasteiger partial charge in [-0.05, 0) is 30.0 Å². The second-order valence-electron chi connectivity index (χ2n) is 6.27. The molecule has 0 spiro atoms. The van der Waals surface area contributed by atoms with E-state index in [0.717, 1.165) is 32.0 Å². The Kier molecular flexibility index (Phi) is 4.39. The number of hydrogen-bond donors (Lipinski definition) is 2. The van der Waals surface area contributed by atoms with Crippen molar-refractivity contribution in [3.05, 3.63) is 23.5 Å². The number of benzene rings is 1. The smallest absolute Gasteiger partial charge is 0.326 e. The molecule has 0 aliphatic carbocycles. The van der Waals surface area contributed by atoms with E-state index in [4.69, 9.17) is 0 Å². The molecule has 2 saturated heterocycles. The molecule has 0 unspecified atom stereocenters. The van der Waals surface area contributed by atoms with Gasteiger partial charge in [0.2, 0.25) is 0 Å². The lowest BCUT2D eigenvalue weighted by Gasteiger charge is -2.38. The lowest BCUT2D eigenvalue weighted by atomic mass is 9.97. The minimum atomic E-state index is -4.15. The van der Waals surface area contributed by atoms with Gasteiger partial charge >= 0.3 is 10.2 Å². The van der Waals surface area contributed by atoms with E-state index in [1.165, 1.54) is 12.1 Å². The number of hydrogen-bond acceptors (Lipinski definition) is 5. The summed E-state index contributed by atoms with van der Waals surface area (Å²) in [5.41, 5.74) is 0.0941. The average molecular weight is 357 g/mol. The Morgan fingerprint density at radius 2 is 2.08 bits per heavy atom. The molecular weight excluding hydrogens is 337 g/mol. The molecule has 2 fully saturated rings. The number of nitrogens with one attached hydrogen (secondary N) is 1. The maximum Gasteiger partial charge on any atom is 0.326 e. The minimum Gasteiger partial charge on any atom is -0.506 e. The molecule has 0 radical (unpaired) electrons. The summed E-state index contributed by atoms with van der Waals surface area (Å²) in [5.74, 6) is -1.38. The van der Waals surface area contributed by atoms with Crippen LogP contribution < -0.4 is 9.03 Å². The molecule has 0 aromatic heterocycles. The van der Waals surface area contributed by atoms with Gasteiger partial charge in [-0.15, -0.1) is 0 Å². The molecule has 1 amide bonds. The van der Waals surface area contributed by atoms with Gasteiger partial charge < -0.3 is 10.0 Å². The first kappa shape index (κ1) is 17.0. The highest BCUT2D eigenvalue weighted by molar-refractivity contribution is 7.92. The molecule has 2 aliphatic heterocycles. The molecule has 1 aromatic carbocycles. The molecule has 0 saturated carbocycles. The van der Waals surface area contributed by atoms with Crippen molar-refractivity contribution in [2.24, 2.45) is 5.92 Å². The van der Waals surface area contributed by atoms with Crippen LogP contribution in [-0.2, 0) is 21.4 Å². The summed E-state index contributed by atoms with van der Waals surface area (Å²) in [6, 6.07) is 2.57. The van der Waals surface area contributed by atoms with E-state index < -0.39 is 39.9 Å². The predicted molar refractivity (Wildman–Crippen MR) is 86.4 cm³/mol. The highest BCUT2D eigenvalue weighted by Gasteiger charge is 2.37. The van der Waals surface area contributed by atoms with Crippen LogP contribution in [0.1, 0.15) is 18.9 Å². The third-order valence-corrected chi connectivity index (χ3v) is 5.88. The Morgan fingerprint density at radius 3 is 2.62 bits per heavy atom. The quantitative estimate of drug-likeness (QED) is 0.805. The molecule has 0 atom stereocenters. The van der Waals surface area contributed by atoms with Gasteiger partial charge in [-0.1, -0.05) is 13.3 Å². The van der Waals surface area contributed by atoms with E-state index >= 15 is 0 Å². The lowest BCUT2D eigenvalue weighted by molar-refractivity contribution is -0.117. The van der Waals surface area contributed by atoms with Crippen LogP contribution in [0, 0.1) is 11.7 Å². The second-order valence-corrected chi connectivity index (χ2v) is 7.86. The summed E-state index contributed by atoms with van der Waals surface area (Å²) in [7, 11) is -4.15. The Balaban J connectivity index is 1.73. The van der Waals surface area contributed by atoms with E-state index in [1.54, 1.807) is 4.72 Å². The van der Waals surface area contributed by atoms with Crippen molar-refractivity contribution in [2.75, 3.05) is 30.5 Å². The maximum atomic E-state index is 14.4. The highest BCUT2D eigenvalue weighted by atomic mass is 32.2. The van der Waals surface area contributed by atoms with Gasteiger partial charge in [-0.3, -0.25) is 4.79 Å². The molecule has 2 aliphatic rings. The van der Waals surface area contributed by atoms with E-state index in [0.29, 0.717) is 16.3 Å². The summed E-state index contributed by atoms with van der Waals surface area (Å²) in [4.78, 5) is 13.5. The minimum absolute atomic E-state index is 0.486. The van der Waals surface area contributed by atoms with Gasteiger partial charge in [0.15, 0.2) is 5.82 Å². The first-order chi connectivity index (χ1) is 11.3. The van der Waals surface area contributed by atoms with Gasteiger partial charge in [0.1, 0.15) is 18.0 Å². The van der Waals surface area contributed by atoms with Gasteiger partial charge in [0, 0.05) is 19.6 Å². The third-order valence-electron chi connectivity index (χ3n) is 4.50. The number of phenols is 1. The number of carbonyl (C=O) groups is 1. The molecule has 2 heterocycles. The SMILES string of the molecule is CCC1CN(CCc2cc(O)c(N3CC(=O)NS3(=O)=O)c(F)c2)C1. The van der Waals surface area contributed by atoms with Gasteiger partial charge in [0.05, 0.1) is 0 Å². The van der Waals surface area contributed by atoms with E-state index in [9.17, 15) is 22.7 Å². The summed E-state index contributed by atoms with van der Waals surface area (Å²) < 4.78 is 40.2. The third kappa shape index (κ3) is 3.18. The fourth-order valence-electron chi connectivity index (χ4n) is 3.08. The summed E-state index contributed by atoms with van der Waals surface area (Å²) in [6.45, 7) is 4.43. The Morgan fingerprint density at radius 1 is 1.38 bits per heavy atom. The second kappa shape index (κ2) is 6.21. The van der Waals surface area contributed by atoms with Crippen LogP contribution in [0.15, 0.2) is 12.1 Å². The zero-order valence-electron chi connectivity index (χ0n) is 13.3. The first-order valence-electron chi connectivity index (χ1n) is 7.87. The van der Waals surface area contributed by atoms with Crippen molar-refractivity contribution >= 4 is 21.8 Å². The van der Waals surface area contributed by atoms with Crippen molar-refractivity contribution in [2.45, 2.75) is 19.8 Å². The molecule has 7 nitrogen and oxygen atoms in total. The van der Waals surface area contributed by atoms with Crippen LogP contribution in [-0.4, -0.2) is 50.5 Å². The summed E-state index contributed by atoms with van der Waals surface area (Å²) in [5, 5.41) is 10.1. The average Bonchev–Trinajstić information content (AvgIpc) is 2.69. The molecule has 24 heavy (non-hydrogen) atoms. The fraction of sp³-hybridized carbons (Fsp3) is 0.533. The standard InChI is InChI=1S/C15H20FN3O4S/c1-2-10-7-18(8-10)4-3-11-5-12(16)15(13(20)6-11)19-9-14(21)17-24(19,22)23/h5-6,10,20H,2-4,7-9H2,1H3,(H,17,21). The number of carbonyl (C=O) groups excluding carboxylic acids is 1. The van der Waals surface area contributed by atoms with Crippen molar-refractivity contribution in [1.82, 2.24) is 9.62 Å². The van der Waals surface area contributed by atoms with Crippen LogP contribution in [0.3, 0.4) is 0 Å². The van der Waals surface area contributed by atoms with Crippen molar-refractivity contribution in [3.63, 3.8) is 0 Å². The molecule has 132 valence electrons. The zero-order chi connectivity index (χ0) is 17.5. The molecule has 1 aromatic rings.